The van der Waals surface area contributed by atoms with E-state index in [9.17, 15) is 13.2 Å². The number of aromatic nitrogens is 1. The lowest BCUT2D eigenvalue weighted by atomic mass is 10.0. The number of rotatable bonds is 5. The molecule has 1 atom stereocenters. The number of hydrogen-bond donors (Lipinski definition) is 1. The normalized spacial score (nSPS) is 18.1. The number of benzene rings is 1. The first kappa shape index (κ1) is 19.0. The molecule has 0 radical (unpaired) electrons. The van der Waals surface area contributed by atoms with Crippen LogP contribution in [0.15, 0.2) is 29.6 Å². The molecule has 2 aromatic rings. The van der Waals surface area contributed by atoms with Crippen LogP contribution in [0.5, 0.6) is 0 Å². The minimum absolute atomic E-state index is 0.125. The first-order valence-electron chi connectivity index (χ1n) is 8.61. The summed E-state index contributed by atoms with van der Waals surface area (Å²) in [6.07, 6.45) is 3.85. The Labute approximate surface area is 158 Å². The molecule has 1 aliphatic rings. The molecule has 8 heteroatoms. The number of likely N-dealkylation sites (tertiary alicyclic amines) is 1. The molecule has 3 rings (SSSR count). The van der Waals surface area contributed by atoms with Crippen molar-refractivity contribution >= 4 is 27.3 Å². The van der Waals surface area contributed by atoms with Crippen LogP contribution >= 0.6 is 11.3 Å². The van der Waals surface area contributed by atoms with E-state index in [0.717, 1.165) is 36.1 Å². The highest BCUT2D eigenvalue weighted by Crippen LogP contribution is 2.26. The summed E-state index contributed by atoms with van der Waals surface area (Å²) in [5.41, 5.74) is 2.60. The number of nitrogens with zero attached hydrogens (tertiary/aromatic N) is 2. The van der Waals surface area contributed by atoms with Gasteiger partial charge in [0.1, 0.15) is 10.7 Å². The lowest BCUT2D eigenvalue weighted by Gasteiger charge is -2.35. The number of aryl methyl sites for hydroxylation is 1. The number of carbonyl (C=O) groups excluding carboxylic acids is 1. The molecule has 0 aliphatic carbocycles. The van der Waals surface area contributed by atoms with Crippen LogP contribution in [0.1, 0.15) is 35.3 Å². The molecule has 0 bridgehead atoms. The highest BCUT2D eigenvalue weighted by atomic mass is 32.2. The van der Waals surface area contributed by atoms with Gasteiger partial charge < -0.3 is 4.90 Å². The molecular formula is C18H23N3O3S2. The summed E-state index contributed by atoms with van der Waals surface area (Å²) in [6.45, 7) is 2.91. The third-order valence-corrected chi connectivity index (χ3v) is 6.07. The molecule has 1 aromatic carbocycles. The number of nitrogens with one attached hydrogen (secondary N) is 1. The van der Waals surface area contributed by atoms with E-state index in [-0.39, 0.29) is 18.5 Å². The summed E-state index contributed by atoms with van der Waals surface area (Å²) >= 11 is 1.45. The van der Waals surface area contributed by atoms with Gasteiger partial charge in [0.2, 0.25) is 10.0 Å². The van der Waals surface area contributed by atoms with Gasteiger partial charge in [0.25, 0.3) is 5.91 Å². The van der Waals surface area contributed by atoms with Crippen LogP contribution < -0.4 is 4.72 Å². The fourth-order valence-electron chi connectivity index (χ4n) is 3.08. The molecule has 1 fully saturated rings. The van der Waals surface area contributed by atoms with E-state index in [1.807, 2.05) is 31.2 Å². The van der Waals surface area contributed by atoms with Gasteiger partial charge in [0.15, 0.2) is 0 Å². The van der Waals surface area contributed by atoms with Gasteiger partial charge in [-0.25, -0.2) is 18.1 Å². The third kappa shape index (κ3) is 4.69. The smallest absolute Gasteiger partial charge is 0.273 e. The van der Waals surface area contributed by atoms with Crippen molar-refractivity contribution in [3.63, 3.8) is 0 Å². The van der Waals surface area contributed by atoms with Crippen LogP contribution in [-0.2, 0) is 10.0 Å². The van der Waals surface area contributed by atoms with Gasteiger partial charge in [0.05, 0.1) is 6.26 Å². The van der Waals surface area contributed by atoms with Gasteiger partial charge in [-0.05, 0) is 26.2 Å². The largest absolute Gasteiger partial charge is 0.333 e. The van der Waals surface area contributed by atoms with E-state index in [4.69, 9.17) is 0 Å². The zero-order chi connectivity index (χ0) is 18.7. The molecule has 0 spiro atoms. The van der Waals surface area contributed by atoms with E-state index in [2.05, 4.69) is 9.71 Å². The zero-order valence-corrected chi connectivity index (χ0v) is 16.6. The Bertz CT molecular complexity index is 875. The van der Waals surface area contributed by atoms with Crippen LogP contribution in [-0.4, -0.2) is 49.6 Å². The molecule has 1 aliphatic heterocycles. The monoisotopic (exact) mass is 393 g/mol. The van der Waals surface area contributed by atoms with E-state index in [1.165, 1.54) is 16.9 Å². The minimum atomic E-state index is -3.27. The summed E-state index contributed by atoms with van der Waals surface area (Å²) in [6, 6.07) is 7.92. The second kappa shape index (κ2) is 7.85. The average molecular weight is 394 g/mol. The molecule has 6 nitrogen and oxygen atoms in total. The summed E-state index contributed by atoms with van der Waals surface area (Å²) in [5.74, 6) is -0.125. The molecule has 2 heterocycles. The van der Waals surface area contributed by atoms with Crippen molar-refractivity contribution in [1.82, 2.24) is 14.6 Å². The Morgan fingerprint density at radius 1 is 1.31 bits per heavy atom. The molecule has 1 amide bonds. The Morgan fingerprint density at radius 3 is 2.73 bits per heavy atom. The quantitative estimate of drug-likeness (QED) is 0.847. The van der Waals surface area contributed by atoms with Crippen LogP contribution in [0.25, 0.3) is 10.6 Å². The summed E-state index contributed by atoms with van der Waals surface area (Å²) in [4.78, 5) is 19.2. The predicted octanol–water partition coefficient (Wildman–Crippen LogP) is 2.66. The average Bonchev–Trinajstić information content (AvgIpc) is 3.10. The maximum atomic E-state index is 12.9. The van der Waals surface area contributed by atoms with Crippen LogP contribution in [0.4, 0.5) is 0 Å². The molecule has 1 N–H and O–H groups in total. The van der Waals surface area contributed by atoms with Gasteiger partial charge in [-0.2, -0.15) is 0 Å². The van der Waals surface area contributed by atoms with Crippen LogP contribution in [0.3, 0.4) is 0 Å². The molecular weight excluding hydrogens is 370 g/mol. The number of sulfonamides is 1. The molecule has 1 aromatic heterocycles. The van der Waals surface area contributed by atoms with Crippen molar-refractivity contribution in [2.24, 2.45) is 0 Å². The van der Waals surface area contributed by atoms with Gasteiger partial charge in [-0.3, -0.25) is 4.79 Å². The maximum absolute atomic E-state index is 12.9. The molecule has 0 unspecified atom stereocenters. The first-order valence-corrected chi connectivity index (χ1v) is 11.4. The predicted molar refractivity (Wildman–Crippen MR) is 104 cm³/mol. The Morgan fingerprint density at radius 2 is 2.04 bits per heavy atom. The molecule has 140 valence electrons. The standard InChI is InChI=1S/C18H23N3O3S2/c1-13-6-8-14(9-7-13)17-20-16(12-25-17)18(22)21-10-4-3-5-15(21)11-19-26(2,23)24/h6-9,12,15,19H,3-5,10-11H2,1-2H3/t15-/m1/s1. The van der Waals surface area contributed by atoms with Crippen LogP contribution in [0.2, 0.25) is 0 Å². The molecule has 1 saturated heterocycles. The highest BCUT2D eigenvalue weighted by molar-refractivity contribution is 7.88. The van der Waals surface area contributed by atoms with Gasteiger partial charge in [-0.1, -0.05) is 29.8 Å². The van der Waals surface area contributed by atoms with Crippen molar-refractivity contribution in [1.29, 1.82) is 0 Å². The van der Waals surface area contributed by atoms with Gasteiger partial charge >= 0.3 is 0 Å². The number of carbonyl (C=O) groups is 1. The van der Waals surface area contributed by atoms with Crippen molar-refractivity contribution in [2.75, 3.05) is 19.3 Å². The van der Waals surface area contributed by atoms with Gasteiger partial charge in [-0.15, -0.1) is 11.3 Å². The van der Waals surface area contributed by atoms with Crippen molar-refractivity contribution in [3.8, 4) is 10.6 Å². The van der Waals surface area contributed by atoms with E-state index in [0.29, 0.717) is 12.2 Å². The Kier molecular flexibility index (Phi) is 5.74. The fourth-order valence-corrected chi connectivity index (χ4v) is 4.37. The highest BCUT2D eigenvalue weighted by Gasteiger charge is 2.29. The van der Waals surface area contributed by atoms with Crippen molar-refractivity contribution < 1.29 is 13.2 Å². The topological polar surface area (TPSA) is 79.4 Å². The molecule has 26 heavy (non-hydrogen) atoms. The summed E-state index contributed by atoms with van der Waals surface area (Å²) < 4.78 is 25.3. The van der Waals surface area contributed by atoms with Gasteiger partial charge in [0, 0.05) is 30.1 Å². The van der Waals surface area contributed by atoms with E-state index in [1.54, 1.807) is 10.3 Å². The Balaban J connectivity index is 1.75. The van der Waals surface area contributed by atoms with Crippen molar-refractivity contribution in [2.45, 2.75) is 32.2 Å². The lowest BCUT2D eigenvalue weighted by Crippen LogP contribution is -2.49. The second-order valence-electron chi connectivity index (χ2n) is 6.67. The summed E-state index contributed by atoms with van der Waals surface area (Å²) in [5, 5.41) is 2.60. The Hall–Kier alpha value is -1.77. The lowest BCUT2D eigenvalue weighted by molar-refractivity contribution is 0.0613. The number of piperidine rings is 1. The van der Waals surface area contributed by atoms with E-state index < -0.39 is 10.0 Å². The third-order valence-electron chi connectivity index (χ3n) is 4.49. The molecule has 0 saturated carbocycles. The second-order valence-corrected chi connectivity index (χ2v) is 9.36. The van der Waals surface area contributed by atoms with Crippen LogP contribution in [0, 0.1) is 6.92 Å². The number of thiazole rings is 1. The summed E-state index contributed by atoms with van der Waals surface area (Å²) in [7, 11) is -3.27. The number of amides is 1. The zero-order valence-electron chi connectivity index (χ0n) is 14.9. The fraction of sp³-hybridized carbons (Fsp3) is 0.444. The van der Waals surface area contributed by atoms with Crippen molar-refractivity contribution in [3.05, 3.63) is 40.9 Å². The minimum Gasteiger partial charge on any atom is -0.333 e. The maximum Gasteiger partial charge on any atom is 0.273 e. The number of hydrogen-bond acceptors (Lipinski definition) is 5. The SMILES string of the molecule is Cc1ccc(-c2nc(C(=O)N3CCCC[C@@H]3CNS(C)(=O)=O)cs2)cc1. The van der Waals surface area contributed by atoms with E-state index >= 15 is 0 Å². The first-order chi connectivity index (χ1) is 12.3.